The maximum atomic E-state index is 10.2. The van der Waals surface area contributed by atoms with Crippen molar-refractivity contribution in [2.24, 2.45) is 0 Å². The molecule has 0 aromatic heterocycles. The molecule has 0 aliphatic carbocycles. The molecule has 0 unspecified atom stereocenters. The minimum atomic E-state index is 0.570. The van der Waals surface area contributed by atoms with Gasteiger partial charge in [0.2, 0.25) is 6.41 Å². The Bertz CT molecular complexity index is 322. The summed E-state index contributed by atoms with van der Waals surface area (Å²) in [6.07, 6.45) is 6.97. The van der Waals surface area contributed by atoms with E-state index in [1.807, 2.05) is 24.3 Å². The highest BCUT2D eigenvalue weighted by Gasteiger charge is 1.95. The molecule has 1 N–H and O–H groups in total. The van der Waals surface area contributed by atoms with E-state index in [0.29, 0.717) is 13.0 Å². The molecule has 3 nitrogen and oxygen atoms in total. The molecule has 1 rings (SSSR count). The number of amides is 1. The molecular weight excluding hydrogens is 226 g/mol. The number of rotatable bonds is 10. The minimum Gasteiger partial charge on any atom is -0.494 e. The van der Waals surface area contributed by atoms with Gasteiger partial charge in [0.05, 0.1) is 6.61 Å². The molecule has 18 heavy (non-hydrogen) atoms. The van der Waals surface area contributed by atoms with Crippen LogP contribution in [0.2, 0.25) is 0 Å². The number of benzene rings is 1. The van der Waals surface area contributed by atoms with Gasteiger partial charge in [0.15, 0.2) is 0 Å². The highest BCUT2D eigenvalue weighted by molar-refractivity contribution is 5.46. The number of nitrogens with one attached hydrogen (secondary N) is 1. The third-order valence-corrected chi connectivity index (χ3v) is 2.83. The maximum Gasteiger partial charge on any atom is 0.207 e. The summed E-state index contributed by atoms with van der Waals surface area (Å²) in [4.78, 5) is 10.2. The third kappa shape index (κ3) is 6.28. The van der Waals surface area contributed by atoms with Gasteiger partial charge in [-0.15, -0.1) is 0 Å². The van der Waals surface area contributed by atoms with Crippen molar-refractivity contribution in [3.8, 4) is 5.75 Å². The van der Waals surface area contributed by atoms with E-state index in [2.05, 4.69) is 12.2 Å². The summed E-state index contributed by atoms with van der Waals surface area (Å²) in [6, 6.07) is 7.85. The Morgan fingerprint density at radius 3 is 2.50 bits per heavy atom. The van der Waals surface area contributed by atoms with Crippen molar-refractivity contribution in [1.82, 2.24) is 5.32 Å². The topological polar surface area (TPSA) is 38.3 Å². The Hall–Kier alpha value is -1.51. The largest absolute Gasteiger partial charge is 0.494 e. The maximum absolute atomic E-state index is 10.2. The number of unbranched alkanes of at least 4 members (excludes halogenated alkanes) is 4. The molecule has 0 aliphatic heterocycles. The molecule has 0 heterocycles. The van der Waals surface area contributed by atoms with Gasteiger partial charge in [-0.1, -0.05) is 44.7 Å². The van der Waals surface area contributed by atoms with Crippen LogP contribution in [-0.4, -0.2) is 13.0 Å². The van der Waals surface area contributed by atoms with Crippen LogP contribution in [0.4, 0.5) is 0 Å². The molecule has 0 spiro atoms. The summed E-state index contributed by atoms with van der Waals surface area (Å²) in [5.74, 6) is 0.903. The molecule has 100 valence electrons. The highest BCUT2D eigenvalue weighted by atomic mass is 16.5. The summed E-state index contributed by atoms with van der Waals surface area (Å²) in [7, 11) is 0. The van der Waals surface area contributed by atoms with E-state index in [0.717, 1.165) is 24.3 Å². The van der Waals surface area contributed by atoms with Crippen molar-refractivity contribution in [1.29, 1.82) is 0 Å². The number of hydrogen-bond donors (Lipinski definition) is 1. The molecular formula is C15H23NO2. The monoisotopic (exact) mass is 249 g/mol. The zero-order valence-electron chi connectivity index (χ0n) is 11.2. The van der Waals surface area contributed by atoms with Crippen molar-refractivity contribution >= 4 is 6.41 Å². The van der Waals surface area contributed by atoms with Crippen LogP contribution in [0.15, 0.2) is 24.3 Å². The van der Waals surface area contributed by atoms with E-state index in [-0.39, 0.29) is 0 Å². The average molecular weight is 249 g/mol. The molecule has 0 fully saturated rings. The lowest BCUT2D eigenvalue weighted by molar-refractivity contribution is -0.109. The molecule has 0 atom stereocenters. The van der Waals surface area contributed by atoms with E-state index in [9.17, 15) is 4.79 Å². The van der Waals surface area contributed by atoms with E-state index in [4.69, 9.17) is 4.74 Å². The molecule has 1 aromatic carbocycles. The second-order valence-corrected chi connectivity index (χ2v) is 4.41. The Balaban J connectivity index is 2.16. The van der Waals surface area contributed by atoms with E-state index in [1.54, 1.807) is 0 Å². The van der Waals surface area contributed by atoms with Gasteiger partial charge in [-0.3, -0.25) is 4.79 Å². The number of carbonyl (C=O) groups is 1. The van der Waals surface area contributed by atoms with Crippen LogP contribution in [0.3, 0.4) is 0 Å². The van der Waals surface area contributed by atoms with E-state index in [1.165, 1.54) is 25.7 Å². The van der Waals surface area contributed by atoms with Crippen molar-refractivity contribution in [3.63, 3.8) is 0 Å². The quantitative estimate of drug-likeness (QED) is 0.510. The fraction of sp³-hybridized carbons (Fsp3) is 0.533. The predicted octanol–water partition coefficient (Wildman–Crippen LogP) is 3.28. The Labute approximate surface area is 110 Å². The molecule has 0 radical (unpaired) electrons. The van der Waals surface area contributed by atoms with Crippen molar-refractivity contribution < 1.29 is 9.53 Å². The first kappa shape index (κ1) is 14.6. The third-order valence-electron chi connectivity index (χ3n) is 2.83. The van der Waals surface area contributed by atoms with Gasteiger partial charge < -0.3 is 10.1 Å². The second-order valence-electron chi connectivity index (χ2n) is 4.41. The Morgan fingerprint density at radius 1 is 1.11 bits per heavy atom. The molecule has 1 aromatic rings. The molecule has 0 bridgehead atoms. The zero-order valence-corrected chi connectivity index (χ0v) is 11.2. The Morgan fingerprint density at radius 2 is 1.83 bits per heavy atom. The standard InChI is InChI=1S/C15H23NO2/c1-2-3-4-5-6-11-18-15-9-7-14(8-10-15)12-16-13-17/h7-10,13H,2-6,11-12H2,1H3,(H,16,17). The highest BCUT2D eigenvalue weighted by Crippen LogP contribution is 2.13. The first-order valence-corrected chi connectivity index (χ1v) is 6.75. The van der Waals surface area contributed by atoms with Gasteiger partial charge in [-0.05, 0) is 24.1 Å². The van der Waals surface area contributed by atoms with Crippen LogP contribution in [-0.2, 0) is 11.3 Å². The fourth-order valence-electron chi connectivity index (χ4n) is 1.76. The van der Waals surface area contributed by atoms with Crippen molar-refractivity contribution in [2.45, 2.75) is 45.6 Å². The second kappa shape index (κ2) is 9.51. The fourth-order valence-corrected chi connectivity index (χ4v) is 1.76. The Kier molecular flexibility index (Phi) is 7.69. The lowest BCUT2D eigenvalue weighted by atomic mass is 10.2. The van der Waals surface area contributed by atoms with Crippen LogP contribution in [0.25, 0.3) is 0 Å². The van der Waals surface area contributed by atoms with Crippen LogP contribution in [0.1, 0.15) is 44.6 Å². The van der Waals surface area contributed by atoms with Crippen molar-refractivity contribution in [3.05, 3.63) is 29.8 Å². The summed E-state index contributed by atoms with van der Waals surface area (Å²) >= 11 is 0. The first-order valence-electron chi connectivity index (χ1n) is 6.75. The van der Waals surface area contributed by atoms with Gasteiger partial charge in [0.1, 0.15) is 5.75 Å². The van der Waals surface area contributed by atoms with Gasteiger partial charge in [0, 0.05) is 6.54 Å². The normalized spacial score (nSPS) is 10.1. The van der Waals surface area contributed by atoms with Crippen LogP contribution in [0, 0.1) is 0 Å². The molecule has 0 saturated carbocycles. The lowest BCUT2D eigenvalue weighted by Gasteiger charge is -2.07. The van der Waals surface area contributed by atoms with Gasteiger partial charge in [-0.25, -0.2) is 0 Å². The van der Waals surface area contributed by atoms with E-state index >= 15 is 0 Å². The van der Waals surface area contributed by atoms with Crippen LogP contribution < -0.4 is 10.1 Å². The van der Waals surface area contributed by atoms with E-state index < -0.39 is 0 Å². The van der Waals surface area contributed by atoms with Crippen LogP contribution >= 0.6 is 0 Å². The minimum absolute atomic E-state index is 0.570. The van der Waals surface area contributed by atoms with Gasteiger partial charge in [0.25, 0.3) is 0 Å². The van der Waals surface area contributed by atoms with Gasteiger partial charge >= 0.3 is 0 Å². The summed E-state index contributed by atoms with van der Waals surface area (Å²) < 4.78 is 5.66. The first-order chi connectivity index (χ1) is 8.86. The molecule has 3 heteroatoms. The molecule has 0 saturated heterocycles. The summed E-state index contributed by atoms with van der Waals surface area (Å²) in [6.45, 7) is 3.58. The average Bonchev–Trinajstić information content (AvgIpc) is 2.42. The van der Waals surface area contributed by atoms with Crippen LogP contribution in [0.5, 0.6) is 5.75 Å². The lowest BCUT2D eigenvalue weighted by Crippen LogP contribution is -2.09. The SMILES string of the molecule is CCCCCCCOc1ccc(CNC=O)cc1. The smallest absolute Gasteiger partial charge is 0.207 e. The summed E-state index contributed by atoms with van der Waals surface area (Å²) in [5.41, 5.74) is 1.08. The summed E-state index contributed by atoms with van der Waals surface area (Å²) in [5, 5.41) is 2.63. The number of carbonyl (C=O) groups excluding carboxylic acids is 1. The van der Waals surface area contributed by atoms with Gasteiger partial charge in [-0.2, -0.15) is 0 Å². The zero-order chi connectivity index (χ0) is 13.1. The molecule has 0 aliphatic rings. The molecule has 1 amide bonds. The van der Waals surface area contributed by atoms with Crippen molar-refractivity contribution in [2.75, 3.05) is 6.61 Å². The number of ether oxygens (including phenoxy) is 1. The number of hydrogen-bond acceptors (Lipinski definition) is 2. The predicted molar refractivity (Wildman–Crippen MR) is 73.6 cm³/mol.